The minimum absolute atomic E-state index is 0.0790. The Morgan fingerprint density at radius 2 is 2.08 bits per heavy atom. The molecule has 0 unspecified atom stereocenters. The molecule has 126 valence electrons. The fourth-order valence-electron chi connectivity index (χ4n) is 1.92. The minimum Gasteiger partial charge on any atom is -0.323 e. The number of tetrazole rings is 1. The number of nitro groups is 1. The Morgan fingerprint density at radius 1 is 1.42 bits per heavy atom. The van der Waals surface area contributed by atoms with Crippen LogP contribution in [0.4, 0.5) is 11.4 Å². The zero-order valence-corrected chi connectivity index (χ0v) is 16.0. The van der Waals surface area contributed by atoms with Crippen molar-refractivity contribution in [1.82, 2.24) is 20.2 Å². The highest BCUT2D eigenvalue weighted by molar-refractivity contribution is 9.11. The Balaban J connectivity index is 1.64. The van der Waals surface area contributed by atoms with Crippen molar-refractivity contribution in [1.29, 1.82) is 0 Å². The summed E-state index contributed by atoms with van der Waals surface area (Å²) in [6.07, 6.45) is 2.10. The summed E-state index contributed by atoms with van der Waals surface area (Å²) in [4.78, 5) is 22.5. The number of hydrogen-bond donors (Lipinski definition) is 1. The number of aromatic nitrogens is 4. The number of anilines is 1. The van der Waals surface area contributed by atoms with Crippen LogP contribution in [0.15, 0.2) is 26.2 Å². The van der Waals surface area contributed by atoms with E-state index in [4.69, 9.17) is 0 Å². The van der Waals surface area contributed by atoms with E-state index in [1.54, 1.807) is 4.68 Å². The van der Waals surface area contributed by atoms with Crippen LogP contribution in [0.5, 0.6) is 0 Å². The number of hydrogen-bond acceptors (Lipinski definition) is 7. The van der Waals surface area contributed by atoms with E-state index in [0.717, 1.165) is 12.8 Å². The number of carbonyl (C=O) groups excluding carboxylic acids is 1. The van der Waals surface area contributed by atoms with Crippen LogP contribution in [0.3, 0.4) is 0 Å². The second kappa shape index (κ2) is 7.15. The number of nitrogens with zero attached hydrogens (tertiary/aromatic N) is 5. The molecule has 0 radical (unpaired) electrons. The Bertz CT molecular complexity index is 787. The van der Waals surface area contributed by atoms with Crippen LogP contribution < -0.4 is 5.32 Å². The van der Waals surface area contributed by atoms with Gasteiger partial charge >= 0.3 is 0 Å². The van der Waals surface area contributed by atoms with Crippen molar-refractivity contribution in [2.75, 3.05) is 11.1 Å². The molecular weight excluding hydrogens is 468 g/mol. The summed E-state index contributed by atoms with van der Waals surface area (Å²) < 4.78 is 2.57. The second-order valence-corrected chi connectivity index (χ2v) is 7.67. The quantitative estimate of drug-likeness (QED) is 0.385. The molecule has 1 fully saturated rings. The van der Waals surface area contributed by atoms with Gasteiger partial charge in [0.05, 0.1) is 22.4 Å². The van der Waals surface area contributed by atoms with Gasteiger partial charge in [-0.3, -0.25) is 14.9 Å². The van der Waals surface area contributed by atoms with Gasteiger partial charge in [0.2, 0.25) is 11.1 Å². The van der Waals surface area contributed by atoms with Gasteiger partial charge in [-0.05, 0) is 55.1 Å². The molecule has 1 aliphatic rings. The highest BCUT2D eigenvalue weighted by Gasteiger charge is 2.28. The molecule has 24 heavy (non-hydrogen) atoms. The Kier molecular flexibility index (Phi) is 5.15. The first-order chi connectivity index (χ1) is 11.5. The van der Waals surface area contributed by atoms with Crippen molar-refractivity contribution in [3.63, 3.8) is 0 Å². The van der Waals surface area contributed by atoms with E-state index in [1.165, 1.54) is 23.9 Å². The molecule has 1 amide bonds. The molecule has 0 saturated heterocycles. The molecule has 0 aliphatic heterocycles. The number of nitro benzene ring substituents is 1. The van der Waals surface area contributed by atoms with Crippen LogP contribution in [-0.4, -0.2) is 36.8 Å². The molecule has 0 bridgehead atoms. The standard InChI is InChI=1S/C12H10Br2N6O3S/c13-8-3-7(20(22)23)4-9(14)11(8)15-10(21)5-24-12-16-17-18-19(12)6-1-2-6/h3-4,6H,1-2,5H2,(H,15,21). The highest BCUT2D eigenvalue weighted by atomic mass is 79.9. The molecule has 1 aliphatic carbocycles. The predicted octanol–water partition coefficient (Wildman–Crippen LogP) is 3.17. The number of carbonyl (C=O) groups is 1. The summed E-state index contributed by atoms with van der Waals surface area (Å²) in [6, 6.07) is 3.01. The third-order valence-corrected chi connectivity index (χ3v) is 5.37. The van der Waals surface area contributed by atoms with Crippen LogP contribution in [0, 0.1) is 10.1 Å². The second-order valence-electron chi connectivity index (χ2n) is 5.02. The number of halogens is 2. The topological polar surface area (TPSA) is 116 Å². The summed E-state index contributed by atoms with van der Waals surface area (Å²) in [5, 5.41) is 25.6. The van der Waals surface area contributed by atoms with Crippen molar-refractivity contribution in [3.8, 4) is 0 Å². The van der Waals surface area contributed by atoms with Crippen molar-refractivity contribution in [2.45, 2.75) is 24.0 Å². The van der Waals surface area contributed by atoms with E-state index in [2.05, 4.69) is 52.7 Å². The Hall–Kier alpha value is -1.53. The summed E-state index contributed by atoms with van der Waals surface area (Å²) in [6.45, 7) is 0. The van der Waals surface area contributed by atoms with E-state index >= 15 is 0 Å². The Labute approximate surface area is 157 Å². The summed E-state index contributed by atoms with van der Waals surface area (Å²) >= 11 is 7.71. The largest absolute Gasteiger partial charge is 0.323 e. The first-order valence-corrected chi connectivity index (χ1v) is 9.37. The van der Waals surface area contributed by atoms with Crippen molar-refractivity contribution < 1.29 is 9.72 Å². The van der Waals surface area contributed by atoms with Gasteiger partial charge in [-0.15, -0.1) is 5.10 Å². The lowest BCUT2D eigenvalue weighted by molar-refractivity contribution is -0.385. The predicted molar refractivity (Wildman–Crippen MR) is 93.9 cm³/mol. The molecule has 2 aromatic rings. The van der Waals surface area contributed by atoms with Gasteiger partial charge in [-0.1, -0.05) is 11.8 Å². The van der Waals surface area contributed by atoms with E-state index in [0.29, 0.717) is 25.8 Å². The lowest BCUT2D eigenvalue weighted by atomic mass is 10.3. The normalized spacial score (nSPS) is 13.8. The zero-order chi connectivity index (χ0) is 17.3. The van der Waals surface area contributed by atoms with Crippen LogP contribution >= 0.6 is 43.6 Å². The first-order valence-electron chi connectivity index (χ1n) is 6.79. The van der Waals surface area contributed by atoms with E-state index < -0.39 is 4.92 Å². The fourth-order valence-corrected chi connectivity index (χ4v) is 4.02. The third kappa shape index (κ3) is 3.92. The maximum Gasteiger partial charge on any atom is 0.271 e. The summed E-state index contributed by atoms with van der Waals surface area (Å²) in [5.74, 6) is -0.135. The maximum atomic E-state index is 12.1. The number of thioether (sulfide) groups is 1. The average molecular weight is 478 g/mol. The molecule has 1 aromatic heterocycles. The minimum atomic E-state index is -0.505. The number of benzene rings is 1. The molecule has 0 atom stereocenters. The lowest BCUT2D eigenvalue weighted by Crippen LogP contribution is -2.15. The molecule has 9 nitrogen and oxygen atoms in total. The van der Waals surface area contributed by atoms with Crippen LogP contribution in [0.2, 0.25) is 0 Å². The summed E-state index contributed by atoms with van der Waals surface area (Å²) in [7, 11) is 0. The van der Waals surface area contributed by atoms with Crippen LogP contribution in [0.1, 0.15) is 18.9 Å². The molecule has 3 rings (SSSR count). The van der Waals surface area contributed by atoms with Gasteiger partial charge in [0.1, 0.15) is 0 Å². The zero-order valence-electron chi connectivity index (χ0n) is 12.0. The van der Waals surface area contributed by atoms with Gasteiger partial charge in [-0.2, -0.15) is 0 Å². The molecule has 0 spiro atoms. The SMILES string of the molecule is O=C(CSc1nnnn1C1CC1)Nc1c(Br)cc([N+](=O)[O-])cc1Br. The first kappa shape index (κ1) is 17.3. The molecule has 1 N–H and O–H groups in total. The molecule has 1 aromatic carbocycles. The number of amides is 1. The fraction of sp³-hybridized carbons (Fsp3) is 0.333. The van der Waals surface area contributed by atoms with E-state index in [1.807, 2.05) is 0 Å². The van der Waals surface area contributed by atoms with E-state index in [-0.39, 0.29) is 17.3 Å². The van der Waals surface area contributed by atoms with Crippen molar-refractivity contribution in [2.24, 2.45) is 0 Å². The highest BCUT2D eigenvalue weighted by Crippen LogP contribution is 2.37. The maximum absolute atomic E-state index is 12.1. The summed E-state index contributed by atoms with van der Waals surface area (Å²) in [5.41, 5.74) is 0.359. The van der Waals surface area contributed by atoms with Crippen LogP contribution in [0.25, 0.3) is 0 Å². The lowest BCUT2D eigenvalue weighted by Gasteiger charge is -2.09. The van der Waals surface area contributed by atoms with Gasteiger partial charge in [0.25, 0.3) is 5.69 Å². The van der Waals surface area contributed by atoms with Crippen LogP contribution in [-0.2, 0) is 4.79 Å². The molecular formula is C12H10Br2N6O3S. The van der Waals surface area contributed by atoms with Gasteiger partial charge in [0.15, 0.2) is 0 Å². The number of nitrogens with one attached hydrogen (secondary N) is 1. The molecule has 1 saturated carbocycles. The number of non-ortho nitro benzene ring substituents is 1. The Morgan fingerprint density at radius 3 is 2.67 bits per heavy atom. The number of rotatable bonds is 6. The van der Waals surface area contributed by atoms with Gasteiger partial charge < -0.3 is 5.32 Å². The average Bonchev–Trinajstić information content (AvgIpc) is 3.27. The smallest absolute Gasteiger partial charge is 0.271 e. The van der Waals surface area contributed by atoms with Gasteiger partial charge in [-0.25, -0.2) is 4.68 Å². The van der Waals surface area contributed by atoms with E-state index in [9.17, 15) is 14.9 Å². The van der Waals surface area contributed by atoms with Gasteiger partial charge in [0, 0.05) is 21.1 Å². The van der Waals surface area contributed by atoms with Crippen molar-refractivity contribution in [3.05, 3.63) is 31.2 Å². The third-order valence-electron chi connectivity index (χ3n) is 3.19. The monoisotopic (exact) mass is 476 g/mol. The molecule has 12 heteroatoms. The van der Waals surface area contributed by atoms with Crippen molar-refractivity contribution >= 4 is 60.9 Å². The molecule has 1 heterocycles.